The van der Waals surface area contributed by atoms with Crippen LogP contribution in [0.25, 0.3) is 11.0 Å². The van der Waals surface area contributed by atoms with Gasteiger partial charge >= 0.3 is 5.63 Å². The van der Waals surface area contributed by atoms with Crippen LogP contribution in [0.1, 0.15) is 25.7 Å². The van der Waals surface area contributed by atoms with E-state index in [1.807, 2.05) is 6.07 Å². The first kappa shape index (κ1) is 12.0. The van der Waals surface area contributed by atoms with E-state index in [1.165, 1.54) is 6.07 Å². The molecule has 0 unspecified atom stereocenters. The average molecular weight is 258 g/mol. The second-order valence-corrected chi connectivity index (χ2v) is 4.77. The fraction of sp³-hybridized carbons (Fsp3) is 0.333. The van der Waals surface area contributed by atoms with Crippen LogP contribution in [0.2, 0.25) is 0 Å². The predicted octanol–water partition coefficient (Wildman–Crippen LogP) is 2.68. The highest BCUT2D eigenvalue weighted by atomic mass is 16.5. The highest BCUT2D eigenvalue weighted by molar-refractivity contribution is 5.84. The molecule has 98 valence electrons. The Bertz CT molecular complexity index is 671. The molecule has 2 aromatic rings. The van der Waals surface area contributed by atoms with Crippen molar-refractivity contribution in [2.24, 2.45) is 0 Å². The topological polar surface area (TPSA) is 56.5 Å². The highest BCUT2D eigenvalue weighted by Gasteiger charge is 2.23. The van der Waals surface area contributed by atoms with Gasteiger partial charge in [-0.05, 0) is 37.5 Å². The molecule has 0 spiro atoms. The van der Waals surface area contributed by atoms with E-state index >= 15 is 0 Å². The van der Waals surface area contributed by atoms with Gasteiger partial charge in [0.25, 0.3) is 0 Å². The molecule has 1 fully saturated rings. The first-order chi connectivity index (χ1) is 9.22. The lowest BCUT2D eigenvalue weighted by molar-refractivity contribution is -0.127. The Labute approximate surface area is 110 Å². The van der Waals surface area contributed by atoms with Gasteiger partial charge in [0.1, 0.15) is 11.3 Å². The molecule has 1 aromatic heterocycles. The van der Waals surface area contributed by atoms with Crippen LogP contribution in [0, 0.1) is 0 Å². The standard InChI is InChI=1S/C15H14O4/c16-12-3-1-2-4-13(12)18-11-7-5-10-6-8-15(17)19-14(10)9-11/h5-9,13H,1-4H2/t13-/m0/s1. The van der Waals surface area contributed by atoms with E-state index < -0.39 is 5.63 Å². The fourth-order valence-electron chi connectivity index (χ4n) is 2.35. The summed E-state index contributed by atoms with van der Waals surface area (Å²) in [6.45, 7) is 0. The number of hydrogen-bond donors (Lipinski definition) is 0. The van der Waals surface area contributed by atoms with Gasteiger partial charge in [-0.3, -0.25) is 4.79 Å². The first-order valence-corrected chi connectivity index (χ1v) is 6.46. The van der Waals surface area contributed by atoms with Gasteiger partial charge in [0.15, 0.2) is 11.9 Å². The van der Waals surface area contributed by atoms with Crippen LogP contribution in [0.5, 0.6) is 5.75 Å². The molecule has 0 radical (unpaired) electrons. The molecule has 0 amide bonds. The minimum atomic E-state index is -0.390. The second kappa shape index (κ2) is 4.88. The van der Waals surface area contributed by atoms with Crippen LogP contribution in [-0.2, 0) is 4.79 Å². The van der Waals surface area contributed by atoms with E-state index in [9.17, 15) is 9.59 Å². The molecular weight excluding hydrogens is 244 g/mol. The number of ether oxygens (including phenoxy) is 1. The van der Waals surface area contributed by atoms with Crippen LogP contribution in [-0.4, -0.2) is 11.9 Å². The third kappa shape index (κ3) is 2.52. The van der Waals surface area contributed by atoms with E-state index in [0.717, 1.165) is 24.6 Å². The monoisotopic (exact) mass is 258 g/mol. The largest absolute Gasteiger partial charge is 0.483 e. The summed E-state index contributed by atoms with van der Waals surface area (Å²) in [5.41, 5.74) is 0.0895. The van der Waals surface area contributed by atoms with E-state index in [1.54, 1.807) is 18.2 Å². The lowest BCUT2D eigenvalue weighted by Crippen LogP contribution is -2.30. The third-order valence-corrected chi connectivity index (χ3v) is 3.37. The zero-order chi connectivity index (χ0) is 13.2. The molecule has 4 heteroatoms. The molecule has 19 heavy (non-hydrogen) atoms. The molecule has 1 aliphatic carbocycles. The summed E-state index contributed by atoms with van der Waals surface area (Å²) in [4.78, 5) is 22.9. The van der Waals surface area contributed by atoms with Gasteiger partial charge in [-0.15, -0.1) is 0 Å². The van der Waals surface area contributed by atoms with Crippen LogP contribution in [0.15, 0.2) is 39.5 Å². The minimum absolute atomic E-state index is 0.154. The Kier molecular flexibility index (Phi) is 3.07. The average Bonchev–Trinajstić information content (AvgIpc) is 2.41. The number of benzene rings is 1. The molecule has 3 rings (SSSR count). The smallest absolute Gasteiger partial charge is 0.336 e. The van der Waals surface area contributed by atoms with E-state index in [0.29, 0.717) is 17.8 Å². The van der Waals surface area contributed by atoms with E-state index in [-0.39, 0.29) is 11.9 Å². The number of hydrogen-bond acceptors (Lipinski definition) is 4. The Morgan fingerprint density at radius 3 is 2.79 bits per heavy atom. The lowest BCUT2D eigenvalue weighted by atomic mass is 9.96. The van der Waals surface area contributed by atoms with Crippen molar-refractivity contribution in [1.82, 2.24) is 0 Å². The number of fused-ring (bicyclic) bond motifs is 1. The van der Waals surface area contributed by atoms with E-state index in [2.05, 4.69) is 0 Å². The van der Waals surface area contributed by atoms with Crippen molar-refractivity contribution in [3.05, 3.63) is 40.8 Å². The van der Waals surface area contributed by atoms with Gasteiger partial charge in [0.05, 0.1) is 0 Å². The first-order valence-electron chi connectivity index (χ1n) is 6.46. The van der Waals surface area contributed by atoms with Crippen molar-refractivity contribution in [3.63, 3.8) is 0 Å². The molecule has 0 aliphatic heterocycles. The van der Waals surface area contributed by atoms with Gasteiger partial charge in [-0.1, -0.05) is 0 Å². The van der Waals surface area contributed by atoms with Crippen LogP contribution in [0.4, 0.5) is 0 Å². The summed E-state index contributed by atoms with van der Waals surface area (Å²) in [6.07, 6.45) is 2.95. The molecule has 0 saturated heterocycles. The molecule has 1 atom stereocenters. The maximum atomic E-state index is 11.7. The highest BCUT2D eigenvalue weighted by Crippen LogP contribution is 2.24. The van der Waals surface area contributed by atoms with Gasteiger partial charge in [0, 0.05) is 23.9 Å². The molecule has 0 bridgehead atoms. The van der Waals surface area contributed by atoms with Gasteiger partial charge in [0.2, 0.25) is 0 Å². The zero-order valence-corrected chi connectivity index (χ0v) is 10.4. The maximum Gasteiger partial charge on any atom is 0.336 e. The summed E-state index contributed by atoms with van der Waals surface area (Å²) in [6, 6.07) is 8.37. The normalized spacial score (nSPS) is 19.6. The Balaban J connectivity index is 1.88. The second-order valence-electron chi connectivity index (χ2n) is 4.77. The summed E-state index contributed by atoms with van der Waals surface area (Å²) in [5.74, 6) is 0.725. The third-order valence-electron chi connectivity index (χ3n) is 3.37. The fourth-order valence-corrected chi connectivity index (χ4v) is 2.35. The Morgan fingerprint density at radius 1 is 1.11 bits per heavy atom. The quantitative estimate of drug-likeness (QED) is 0.777. The van der Waals surface area contributed by atoms with Crippen molar-refractivity contribution in [2.45, 2.75) is 31.8 Å². The predicted molar refractivity (Wildman–Crippen MR) is 70.4 cm³/mol. The van der Waals surface area contributed by atoms with Crippen LogP contribution < -0.4 is 10.4 Å². The number of Topliss-reactive ketones (excluding diaryl/α,β-unsaturated/α-hetero) is 1. The number of carbonyl (C=O) groups is 1. The van der Waals surface area contributed by atoms with Crippen molar-refractivity contribution < 1.29 is 13.9 Å². The minimum Gasteiger partial charge on any atom is -0.483 e. The summed E-state index contributed by atoms with van der Waals surface area (Å²) in [5, 5.41) is 0.835. The van der Waals surface area contributed by atoms with E-state index in [4.69, 9.17) is 9.15 Å². The molecular formula is C15H14O4. The van der Waals surface area contributed by atoms with Crippen molar-refractivity contribution in [2.75, 3.05) is 0 Å². The van der Waals surface area contributed by atoms with Gasteiger partial charge < -0.3 is 9.15 Å². The number of carbonyl (C=O) groups excluding carboxylic acids is 1. The van der Waals surface area contributed by atoms with Crippen molar-refractivity contribution >= 4 is 16.8 Å². The van der Waals surface area contributed by atoms with Gasteiger partial charge in [-0.2, -0.15) is 0 Å². The Morgan fingerprint density at radius 2 is 1.95 bits per heavy atom. The molecule has 1 aromatic carbocycles. The molecule has 4 nitrogen and oxygen atoms in total. The van der Waals surface area contributed by atoms with Crippen LogP contribution >= 0.6 is 0 Å². The zero-order valence-electron chi connectivity index (χ0n) is 10.4. The molecule has 0 N–H and O–H groups in total. The lowest BCUT2D eigenvalue weighted by Gasteiger charge is -2.21. The summed E-state index contributed by atoms with van der Waals surface area (Å²) >= 11 is 0. The maximum absolute atomic E-state index is 11.7. The Hall–Kier alpha value is -2.10. The molecule has 1 heterocycles. The van der Waals surface area contributed by atoms with Crippen molar-refractivity contribution in [3.8, 4) is 5.75 Å². The summed E-state index contributed by atoms with van der Waals surface area (Å²) in [7, 11) is 0. The van der Waals surface area contributed by atoms with Crippen LogP contribution in [0.3, 0.4) is 0 Å². The molecule has 1 saturated carbocycles. The number of rotatable bonds is 2. The molecule has 1 aliphatic rings. The number of ketones is 1. The summed E-state index contributed by atoms with van der Waals surface area (Å²) < 4.78 is 10.8. The van der Waals surface area contributed by atoms with Gasteiger partial charge in [-0.25, -0.2) is 4.79 Å². The van der Waals surface area contributed by atoms with Crippen molar-refractivity contribution in [1.29, 1.82) is 0 Å². The SMILES string of the molecule is O=C1CCCC[C@@H]1Oc1ccc2ccc(=O)oc2c1.